The number of hydrogen-bond acceptors (Lipinski definition) is 10. The molecule has 1 N–H and O–H groups in total. The van der Waals surface area contributed by atoms with Crippen LogP contribution in [0.1, 0.15) is 18.4 Å². The van der Waals surface area contributed by atoms with Crippen LogP contribution in [0.2, 0.25) is 0 Å². The number of aromatic nitrogens is 4. The number of thiazole rings is 1. The first-order chi connectivity index (χ1) is 15.8. The van der Waals surface area contributed by atoms with Crippen LogP contribution in [0.4, 0.5) is 10.9 Å². The Labute approximate surface area is 190 Å². The molecule has 3 aromatic heterocycles. The number of ether oxygens (including phenoxy) is 3. The lowest BCUT2D eigenvalue weighted by atomic mass is 10.2. The van der Waals surface area contributed by atoms with Gasteiger partial charge in [0.2, 0.25) is 0 Å². The SMILES string of the molecule is c1cc(-c2cnc(Nc3ccc(CN4CCOCC4)cn3)s2)nc(OC2CCOCC2)n1. The van der Waals surface area contributed by atoms with Crippen molar-refractivity contribution in [3.63, 3.8) is 0 Å². The zero-order valence-electron chi connectivity index (χ0n) is 17.8. The van der Waals surface area contributed by atoms with Gasteiger partial charge in [0.05, 0.1) is 37.0 Å². The lowest BCUT2D eigenvalue weighted by Crippen LogP contribution is -2.35. The maximum absolute atomic E-state index is 5.93. The van der Waals surface area contributed by atoms with Gasteiger partial charge in [-0.1, -0.05) is 17.4 Å². The molecule has 9 nitrogen and oxygen atoms in total. The minimum Gasteiger partial charge on any atom is -0.460 e. The molecule has 0 saturated carbocycles. The largest absolute Gasteiger partial charge is 0.460 e. The van der Waals surface area contributed by atoms with Crippen molar-refractivity contribution in [1.82, 2.24) is 24.8 Å². The Morgan fingerprint density at radius 3 is 2.66 bits per heavy atom. The summed E-state index contributed by atoms with van der Waals surface area (Å²) in [6.07, 6.45) is 7.27. The Morgan fingerprint density at radius 2 is 1.84 bits per heavy atom. The molecular formula is C22H26N6O3S. The summed E-state index contributed by atoms with van der Waals surface area (Å²) < 4.78 is 16.7. The second-order valence-electron chi connectivity index (χ2n) is 7.75. The topological polar surface area (TPSA) is 94.5 Å². The molecule has 5 rings (SSSR count). The van der Waals surface area contributed by atoms with E-state index < -0.39 is 0 Å². The molecule has 5 heterocycles. The van der Waals surface area contributed by atoms with E-state index in [1.54, 1.807) is 12.4 Å². The Morgan fingerprint density at radius 1 is 1.00 bits per heavy atom. The monoisotopic (exact) mass is 454 g/mol. The predicted molar refractivity (Wildman–Crippen MR) is 121 cm³/mol. The van der Waals surface area contributed by atoms with Gasteiger partial charge in [0, 0.05) is 51.1 Å². The number of anilines is 2. The molecule has 3 aromatic rings. The number of hydrogen-bond donors (Lipinski definition) is 1. The zero-order chi connectivity index (χ0) is 21.6. The van der Waals surface area contributed by atoms with Crippen LogP contribution < -0.4 is 10.1 Å². The molecular weight excluding hydrogens is 428 g/mol. The van der Waals surface area contributed by atoms with Gasteiger partial charge in [-0.2, -0.15) is 4.98 Å². The van der Waals surface area contributed by atoms with Gasteiger partial charge < -0.3 is 19.5 Å². The van der Waals surface area contributed by atoms with Crippen molar-refractivity contribution in [2.75, 3.05) is 44.8 Å². The molecule has 168 valence electrons. The summed E-state index contributed by atoms with van der Waals surface area (Å²) in [5.74, 6) is 0.767. The molecule has 0 amide bonds. The normalized spacial score (nSPS) is 17.9. The lowest BCUT2D eigenvalue weighted by molar-refractivity contribution is 0.0217. The van der Waals surface area contributed by atoms with E-state index in [1.807, 2.05) is 18.3 Å². The number of nitrogens with zero attached hydrogens (tertiary/aromatic N) is 5. The van der Waals surface area contributed by atoms with Gasteiger partial charge in [0.25, 0.3) is 0 Å². The third-order valence-electron chi connectivity index (χ3n) is 5.40. The maximum atomic E-state index is 5.93. The van der Waals surface area contributed by atoms with Crippen molar-refractivity contribution in [3.05, 3.63) is 42.4 Å². The molecule has 0 bridgehead atoms. The van der Waals surface area contributed by atoms with E-state index in [-0.39, 0.29) is 6.10 Å². The first-order valence-electron chi connectivity index (χ1n) is 10.9. The van der Waals surface area contributed by atoms with Gasteiger partial charge in [-0.05, 0) is 17.7 Å². The summed E-state index contributed by atoms with van der Waals surface area (Å²) in [5.41, 5.74) is 1.98. The highest BCUT2D eigenvalue weighted by Crippen LogP contribution is 2.30. The van der Waals surface area contributed by atoms with Gasteiger partial charge in [-0.25, -0.2) is 15.0 Å². The van der Waals surface area contributed by atoms with Crippen molar-refractivity contribution in [1.29, 1.82) is 0 Å². The van der Waals surface area contributed by atoms with E-state index in [0.29, 0.717) is 6.01 Å². The molecule has 0 aliphatic carbocycles. The number of pyridine rings is 1. The third kappa shape index (κ3) is 5.57. The highest BCUT2D eigenvalue weighted by Gasteiger charge is 2.17. The second-order valence-corrected chi connectivity index (χ2v) is 8.78. The van der Waals surface area contributed by atoms with Gasteiger partial charge in [0.1, 0.15) is 11.9 Å². The maximum Gasteiger partial charge on any atom is 0.317 e. The summed E-state index contributed by atoms with van der Waals surface area (Å²) in [4.78, 5) is 21.2. The standard InChI is InChI=1S/C22H26N6O3S/c1-2-20(24-13-16(1)15-28-7-11-30-12-8-28)27-22-25-14-19(32-22)18-3-6-23-21(26-18)31-17-4-9-29-10-5-17/h1-3,6,13-14,17H,4-5,7-12,15H2,(H,24,25,27). The molecule has 2 fully saturated rings. The Bertz CT molecular complexity index is 1000. The summed E-state index contributed by atoms with van der Waals surface area (Å²) in [6, 6.07) is 6.35. The van der Waals surface area contributed by atoms with Crippen molar-refractivity contribution in [2.45, 2.75) is 25.5 Å². The Balaban J connectivity index is 1.20. The van der Waals surface area contributed by atoms with Crippen LogP contribution in [-0.2, 0) is 16.0 Å². The van der Waals surface area contributed by atoms with Gasteiger partial charge in [-0.3, -0.25) is 4.90 Å². The molecule has 32 heavy (non-hydrogen) atoms. The van der Waals surface area contributed by atoms with Crippen molar-refractivity contribution in [3.8, 4) is 16.6 Å². The van der Waals surface area contributed by atoms with Crippen LogP contribution in [-0.4, -0.2) is 70.5 Å². The van der Waals surface area contributed by atoms with Gasteiger partial charge in [0.15, 0.2) is 5.13 Å². The van der Waals surface area contributed by atoms with E-state index in [1.165, 1.54) is 16.9 Å². The van der Waals surface area contributed by atoms with E-state index in [0.717, 1.165) is 80.4 Å². The van der Waals surface area contributed by atoms with Crippen LogP contribution in [0.3, 0.4) is 0 Å². The fraction of sp³-hybridized carbons (Fsp3) is 0.455. The van der Waals surface area contributed by atoms with Crippen LogP contribution in [0.5, 0.6) is 6.01 Å². The van der Waals surface area contributed by atoms with Crippen LogP contribution in [0, 0.1) is 0 Å². The number of morpholine rings is 1. The quantitative estimate of drug-likeness (QED) is 0.578. The molecule has 10 heteroatoms. The first-order valence-corrected chi connectivity index (χ1v) is 11.7. The molecule has 2 aliphatic rings. The Kier molecular flexibility index (Phi) is 6.83. The van der Waals surface area contributed by atoms with Crippen molar-refractivity contribution in [2.24, 2.45) is 0 Å². The van der Waals surface area contributed by atoms with Gasteiger partial charge in [-0.15, -0.1) is 0 Å². The molecule has 2 saturated heterocycles. The van der Waals surface area contributed by atoms with Crippen molar-refractivity contribution < 1.29 is 14.2 Å². The summed E-state index contributed by atoms with van der Waals surface area (Å²) in [6.45, 7) is 5.86. The first kappa shape index (κ1) is 21.2. The average molecular weight is 455 g/mol. The fourth-order valence-electron chi connectivity index (χ4n) is 3.65. The molecule has 0 aromatic carbocycles. The van der Waals surface area contributed by atoms with Crippen LogP contribution in [0.15, 0.2) is 36.8 Å². The summed E-state index contributed by atoms with van der Waals surface area (Å²) in [5, 5.41) is 4.04. The highest BCUT2D eigenvalue weighted by atomic mass is 32.1. The van der Waals surface area contributed by atoms with Crippen LogP contribution in [0.25, 0.3) is 10.6 Å². The van der Waals surface area contributed by atoms with Gasteiger partial charge >= 0.3 is 6.01 Å². The molecule has 0 atom stereocenters. The summed E-state index contributed by atoms with van der Waals surface area (Å²) >= 11 is 1.52. The fourth-order valence-corrected chi connectivity index (χ4v) is 4.44. The zero-order valence-corrected chi connectivity index (χ0v) is 18.6. The average Bonchev–Trinajstić information content (AvgIpc) is 3.31. The third-order valence-corrected chi connectivity index (χ3v) is 6.34. The molecule has 0 unspecified atom stereocenters. The highest BCUT2D eigenvalue weighted by molar-refractivity contribution is 7.18. The number of nitrogens with one attached hydrogen (secondary N) is 1. The van der Waals surface area contributed by atoms with E-state index in [9.17, 15) is 0 Å². The second kappa shape index (κ2) is 10.3. The predicted octanol–water partition coefficient (Wildman–Crippen LogP) is 3.13. The Hall–Kier alpha value is -2.66. The van der Waals surface area contributed by atoms with Crippen molar-refractivity contribution >= 4 is 22.3 Å². The molecule has 2 aliphatic heterocycles. The van der Waals surface area contributed by atoms with E-state index in [4.69, 9.17) is 14.2 Å². The molecule has 0 spiro atoms. The minimum absolute atomic E-state index is 0.106. The minimum atomic E-state index is 0.106. The molecule has 0 radical (unpaired) electrons. The van der Waals surface area contributed by atoms with E-state index >= 15 is 0 Å². The number of rotatable bonds is 7. The van der Waals surface area contributed by atoms with E-state index in [2.05, 4.69) is 36.2 Å². The summed E-state index contributed by atoms with van der Waals surface area (Å²) in [7, 11) is 0. The smallest absolute Gasteiger partial charge is 0.317 e. The van der Waals surface area contributed by atoms with Crippen LogP contribution >= 0.6 is 11.3 Å². The lowest BCUT2D eigenvalue weighted by Gasteiger charge is -2.26.